The lowest BCUT2D eigenvalue weighted by Gasteiger charge is -2.03. The topological polar surface area (TPSA) is 17.1 Å². The molecule has 0 aliphatic carbocycles. The molecule has 0 fully saturated rings. The van der Waals surface area contributed by atoms with E-state index in [1.807, 2.05) is 24.3 Å². The minimum absolute atomic E-state index is 0.717. The van der Waals surface area contributed by atoms with Crippen molar-refractivity contribution in [1.29, 1.82) is 0 Å². The standard InChI is InChI=1S/C15H14O/c1-2-12-3-7-14(8-4-12)15-9-5-13(11-16)6-10-15/h3-11H,2H2,1H3. The maximum Gasteiger partial charge on any atom is 0.150 e. The van der Waals surface area contributed by atoms with Crippen molar-refractivity contribution in [2.75, 3.05) is 0 Å². The third-order valence-corrected chi connectivity index (χ3v) is 2.74. The van der Waals surface area contributed by atoms with Crippen molar-refractivity contribution in [3.05, 3.63) is 59.7 Å². The number of hydrogen-bond acceptors (Lipinski definition) is 1. The average molecular weight is 210 g/mol. The van der Waals surface area contributed by atoms with Gasteiger partial charge in [0.2, 0.25) is 0 Å². The van der Waals surface area contributed by atoms with Crippen LogP contribution in [-0.2, 0) is 6.42 Å². The number of benzene rings is 2. The molecule has 0 heterocycles. The Hall–Kier alpha value is -1.89. The smallest absolute Gasteiger partial charge is 0.150 e. The summed E-state index contributed by atoms with van der Waals surface area (Å²) in [5.74, 6) is 0. The van der Waals surface area contributed by atoms with Crippen molar-refractivity contribution in [2.24, 2.45) is 0 Å². The van der Waals surface area contributed by atoms with Gasteiger partial charge in [0, 0.05) is 5.56 Å². The van der Waals surface area contributed by atoms with Crippen LogP contribution in [-0.4, -0.2) is 6.29 Å². The van der Waals surface area contributed by atoms with Crippen LogP contribution in [0.1, 0.15) is 22.8 Å². The van der Waals surface area contributed by atoms with Crippen molar-refractivity contribution < 1.29 is 4.79 Å². The van der Waals surface area contributed by atoms with Crippen molar-refractivity contribution in [2.45, 2.75) is 13.3 Å². The van der Waals surface area contributed by atoms with Crippen LogP contribution in [0.15, 0.2) is 48.5 Å². The third-order valence-electron chi connectivity index (χ3n) is 2.74. The number of aryl methyl sites for hydroxylation is 1. The Bertz CT molecular complexity index is 466. The van der Waals surface area contributed by atoms with Gasteiger partial charge >= 0.3 is 0 Å². The molecular weight excluding hydrogens is 196 g/mol. The zero-order valence-corrected chi connectivity index (χ0v) is 9.31. The molecule has 0 bridgehead atoms. The number of hydrogen-bond donors (Lipinski definition) is 0. The molecule has 0 aliphatic rings. The number of carbonyl (C=O) groups excluding carboxylic acids is 1. The van der Waals surface area contributed by atoms with Crippen molar-refractivity contribution in [1.82, 2.24) is 0 Å². The molecule has 2 aromatic rings. The van der Waals surface area contributed by atoms with Gasteiger partial charge in [-0.2, -0.15) is 0 Å². The normalized spacial score (nSPS) is 10.1. The van der Waals surface area contributed by atoms with Crippen LogP contribution >= 0.6 is 0 Å². The second-order valence-corrected chi connectivity index (χ2v) is 3.79. The van der Waals surface area contributed by atoms with E-state index >= 15 is 0 Å². The highest BCUT2D eigenvalue weighted by Gasteiger charge is 1.97. The molecule has 0 aromatic heterocycles. The Morgan fingerprint density at radius 2 is 1.38 bits per heavy atom. The van der Waals surface area contributed by atoms with E-state index < -0.39 is 0 Å². The first kappa shape index (κ1) is 10.6. The quantitative estimate of drug-likeness (QED) is 0.705. The summed E-state index contributed by atoms with van der Waals surface area (Å²) >= 11 is 0. The summed E-state index contributed by atoms with van der Waals surface area (Å²) in [6.07, 6.45) is 1.92. The molecule has 2 aromatic carbocycles. The van der Waals surface area contributed by atoms with Crippen molar-refractivity contribution in [3.8, 4) is 11.1 Å². The summed E-state index contributed by atoms with van der Waals surface area (Å²) in [6, 6.07) is 16.2. The lowest BCUT2D eigenvalue weighted by Crippen LogP contribution is -1.83. The summed E-state index contributed by atoms with van der Waals surface area (Å²) in [4.78, 5) is 10.5. The van der Waals surface area contributed by atoms with E-state index in [1.54, 1.807) is 0 Å². The number of carbonyl (C=O) groups is 1. The lowest BCUT2D eigenvalue weighted by atomic mass is 10.0. The van der Waals surface area contributed by atoms with Crippen LogP contribution in [0.5, 0.6) is 0 Å². The molecule has 0 N–H and O–H groups in total. The van der Waals surface area contributed by atoms with E-state index in [0.717, 1.165) is 18.3 Å². The molecule has 0 saturated carbocycles. The van der Waals surface area contributed by atoms with Crippen LogP contribution in [0.3, 0.4) is 0 Å². The first-order valence-corrected chi connectivity index (χ1v) is 5.48. The zero-order valence-electron chi connectivity index (χ0n) is 9.31. The van der Waals surface area contributed by atoms with Crippen LogP contribution < -0.4 is 0 Å². The number of rotatable bonds is 3. The second-order valence-electron chi connectivity index (χ2n) is 3.79. The van der Waals surface area contributed by atoms with Crippen molar-refractivity contribution >= 4 is 6.29 Å². The van der Waals surface area contributed by atoms with Gasteiger partial charge in [0.05, 0.1) is 0 Å². The highest BCUT2D eigenvalue weighted by Crippen LogP contribution is 2.20. The minimum Gasteiger partial charge on any atom is -0.298 e. The summed E-state index contributed by atoms with van der Waals surface area (Å²) in [7, 11) is 0. The molecule has 0 spiro atoms. The molecule has 1 heteroatoms. The summed E-state index contributed by atoms with van der Waals surface area (Å²) < 4.78 is 0. The molecule has 0 aliphatic heterocycles. The predicted octanol–water partition coefficient (Wildman–Crippen LogP) is 3.73. The highest BCUT2D eigenvalue weighted by molar-refractivity contribution is 5.76. The second kappa shape index (κ2) is 4.75. The summed E-state index contributed by atoms with van der Waals surface area (Å²) in [5, 5.41) is 0. The molecule has 1 nitrogen and oxygen atoms in total. The fourth-order valence-corrected chi connectivity index (χ4v) is 1.69. The molecule has 0 atom stereocenters. The van der Waals surface area contributed by atoms with E-state index in [4.69, 9.17) is 0 Å². The monoisotopic (exact) mass is 210 g/mol. The van der Waals surface area contributed by atoms with Gasteiger partial charge < -0.3 is 0 Å². The van der Waals surface area contributed by atoms with Gasteiger partial charge in [0.1, 0.15) is 6.29 Å². The van der Waals surface area contributed by atoms with Crippen LogP contribution in [0.25, 0.3) is 11.1 Å². The molecule has 0 unspecified atom stereocenters. The van der Waals surface area contributed by atoms with Crippen molar-refractivity contribution in [3.63, 3.8) is 0 Å². The third kappa shape index (κ3) is 2.19. The fraction of sp³-hybridized carbons (Fsp3) is 0.133. The molecule has 0 radical (unpaired) electrons. The van der Waals surface area contributed by atoms with E-state index in [0.29, 0.717) is 5.56 Å². The van der Waals surface area contributed by atoms with Gasteiger partial charge in [-0.15, -0.1) is 0 Å². The number of aldehydes is 1. The summed E-state index contributed by atoms with van der Waals surface area (Å²) in [6.45, 7) is 2.15. The van der Waals surface area contributed by atoms with E-state index in [-0.39, 0.29) is 0 Å². The minimum atomic E-state index is 0.717. The largest absolute Gasteiger partial charge is 0.298 e. The highest BCUT2D eigenvalue weighted by atomic mass is 16.1. The molecule has 2 rings (SSSR count). The van der Waals surface area contributed by atoms with Crippen LogP contribution in [0.4, 0.5) is 0 Å². The van der Waals surface area contributed by atoms with Gasteiger partial charge in [-0.05, 0) is 23.1 Å². The van der Waals surface area contributed by atoms with E-state index in [2.05, 4.69) is 31.2 Å². The zero-order chi connectivity index (χ0) is 11.4. The lowest BCUT2D eigenvalue weighted by molar-refractivity contribution is 0.112. The van der Waals surface area contributed by atoms with Crippen LogP contribution in [0.2, 0.25) is 0 Å². The molecule has 0 saturated heterocycles. The van der Waals surface area contributed by atoms with Gasteiger partial charge in [0.15, 0.2) is 0 Å². The van der Waals surface area contributed by atoms with E-state index in [1.165, 1.54) is 11.1 Å². The van der Waals surface area contributed by atoms with Gasteiger partial charge in [-0.3, -0.25) is 4.79 Å². The Balaban J connectivity index is 2.31. The van der Waals surface area contributed by atoms with Gasteiger partial charge in [-0.25, -0.2) is 0 Å². The molecule has 16 heavy (non-hydrogen) atoms. The van der Waals surface area contributed by atoms with Crippen LogP contribution in [0, 0.1) is 0 Å². The fourth-order valence-electron chi connectivity index (χ4n) is 1.69. The molecule has 80 valence electrons. The maximum absolute atomic E-state index is 10.5. The predicted molar refractivity (Wildman–Crippen MR) is 66.6 cm³/mol. The maximum atomic E-state index is 10.5. The molecule has 0 amide bonds. The Labute approximate surface area is 95.7 Å². The SMILES string of the molecule is CCc1ccc(-c2ccc(C=O)cc2)cc1. The Morgan fingerprint density at radius 3 is 1.81 bits per heavy atom. The Kier molecular flexibility index (Phi) is 3.16. The average Bonchev–Trinajstić information content (AvgIpc) is 2.39. The molecular formula is C15H14O. The van der Waals surface area contributed by atoms with Gasteiger partial charge in [-0.1, -0.05) is 55.5 Å². The summed E-state index contributed by atoms with van der Waals surface area (Å²) in [5.41, 5.74) is 4.39. The first-order chi connectivity index (χ1) is 7.83. The van der Waals surface area contributed by atoms with Gasteiger partial charge in [0.25, 0.3) is 0 Å². The first-order valence-electron chi connectivity index (χ1n) is 5.48. The Morgan fingerprint density at radius 1 is 0.875 bits per heavy atom. The van der Waals surface area contributed by atoms with E-state index in [9.17, 15) is 4.79 Å².